The van der Waals surface area contributed by atoms with Gasteiger partial charge in [-0.3, -0.25) is 9.69 Å². The van der Waals surface area contributed by atoms with Crippen molar-refractivity contribution in [1.82, 2.24) is 9.80 Å². The zero-order valence-corrected chi connectivity index (χ0v) is 11.6. The molecule has 0 aromatic carbocycles. The molecular weight excluding hydrogens is 214 g/mol. The molecule has 4 heteroatoms. The average molecular weight is 241 g/mol. The fourth-order valence-electron chi connectivity index (χ4n) is 2.60. The molecule has 1 saturated heterocycles. The molecule has 3 unspecified atom stereocenters. The van der Waals surface area contributed by atoms with Crippen LogP contribution in [0.2, 0.25) is 0 Å². The summed E-state index contributed by atoms with van der Waals surface area (Å²) in [6.07, 6.45) is 3.05. The van der Waals surface area contributed by atoms with E-state index in [0.717, 1.165) is 6.54 Å². The molecule has 0 radical (unpaired) electrons. The molecule has 100 valence electrons. The summed E-state index contributed by atoms with van der Waals surface area (Å²) >= 11 is 0. The summed E-state index contributed by atoms with van der Waals surface area (Å²) in [7, 11) is 3.61. The van der Waals surface area contributed by atoms with Crippen LogP contribution in [0.25, 0.3) is 0 Å². The molecule has 1 aliphatic heterocycles. The molecule has 0 aliphatic carbocycles. The first-order chi connectivity index (χ1) is 7.97. The summed E-state index contributed by atoms with van der Waals surface area (Å²) in [6.45, 7) is 6.19. The molecule has 0 spiro atoms. The lowest BCUT2D eigenvalue weighted by Gasteiger charge is -2.42. The monoisotopic (exact) mass is 241 g/mol. The van der Waals surface area contributed by atoms with Crippen LogP contribution >= 0.6 is 0 Å². The summed E-state index contributed by atoms with van der Waals surface area (Å²) in [4.78, 5) is 15.9. The SMILES string of the molecule is CC1CCCN(C(CN)CC(=O)N(C)C)C1C. The van der Waals surface area contributed by atoms with E-state index in [1.165, 1.54) is 12.8 Å². The maximum Gasteiger partial charge on any atom is 0.223 e. The van der Waals surface area contributed by atoms with Crippen molar-refractivity contribution in [2.75, 3.05) is 27.2 Å². The number of carbonyl (C=O) groups excluding carboxylic acids is 1. The third-order valence-electron chi connectivity index (χ3n) is 4.07. The number of hydrogen-bond donors (Lipinski definition) is 1. The second-order valence-electron chi connectivity index (χ2n) is 5.48. The Morgan fingerprint density at radius 1 is 1.47 bits per heavy atom. The molecule has 2 N–H and O–H groups in total. The molecule has 0 aromatic heterocycles. The molecule has 1 heterocycles. The number of nitrogens with zero attached hydrogens (tertiary/aromatic N) is 2. The van der Waals surface area contributed by atoms with E-state index in [4.69, 9.17) is 5.73 Å². The van der Waals surface area contributed by atoms with Gasteiger partial charge in [0.15, 0.2) is 0 Å². The van der Waals surface area contributed by atoms with Gasteiger partial charge in [0.1, 0.15) is 0 Å². The number of hydrogen-bond acceptors (Lipinski definition) is 3. The van der Waals surface area contributed by atoms with Crippen molar-refractivity contribution in [2.45, 2.75) is 45.2 Å². The number of likely N-dealkylation sites (tertiary alicyclic amines) is 1. The minimum atomic E-state index is 0.172. The Bertz CT molecular complexity index is 255. The van der Waals surface area contributed by atoms with Gasteiger partial charge in [-0.1, -0.05) is 6.92 Å². The van der Waals surface area contributed by atoms with Crippen molar-refractivity contribution in [3.8, 4) is 0 Å². The van der Waals surface area contributed by atoms with Crippen LogP contribution < -0.4 is 5.73 Å². The van der Waals surface area contributed by atoms with Gasteiger partial charge in [0.25, 0.3) is 0 Å². The van der Waals surface area contributed by atoms with Crippen molar-refractivity contribution in [2.24, 2.45) is 11.7 Å². The third kappa shape index (κ3) is 3.68. The van der Waals surface area contributed by atoms with E-state index in [-0.39, 0.29) is 11.9 Å². The highest BCUT2D eigenvalue weighted by atomic mass is 16.2. The van der Waals surface area contributed by atoms with Gasteiger partial charge in [0.2, 0.25) is 5.91 Å². The normalized spacial score (nSPS) is 27.8. The van der Waals surface area contributed by atoms with E-state index in [9.17, 15) is 4.79 Å². The van der Waals surface area contributed by atoms with Gasteiger partial charge >= 0.3 is 0 Å². The van der Waals surface area contributed by atoms with Crippen LogP contribution in [-0.4, -0.2) is 55.0 Å². The Morgan fingerprint density at radius 3 is 2.65 bits per heavy atom. The average Bonchev–Trinajstić information content (AvgIpc) is 2.29. The van der Waals surface area contributed by atoms with Crippen molar-refractivity contribution >= 4 is 5.91 Å². The summed E-state index contributed by atoms with van der Waals surface area (Å²) in [6, 6.07) is 0.731. The quantitative estimate of drug-likeness (QED) is 0.796. The predicted octanol–water partition coefficient (Wildman–Crippen LogP) is 0.912. The first kappa shape index (κ1) is 14.5. The van der Waals surface area contributed by atoms with Crippen LogP contribution in [0.4, 0.5) is 0 Å². The van der Waals surface area contributed by atoms with Crippen LogP contribution in [0, 0.1) is 5.92 Å². The lowest BCUT2D eigenvalue weighted by atomic mass is 9.90. The van der Waals surface area contributed by atoms with Crippen LogP contribution in [0.1, 0.15) is 33.1 Å². The summed E-state index contributed by atoms with van der Waals surface area (Å²) in [5.41, 5.74) is 5.85. The van der Waals surface area contributed by atoms with Crippen LogP contribution in [0.5, 0.6) is 0 Å². The van der Waals surface area contributed by atoms with E-state index < -0.39 is 0 Å². The lowest BCUT2D eigenvalue weighted by Crippen LogP contribution is -2.52. The van der Waals surface area contributed by atoms with Gasteiger partial charge in [0.05, 0.1) is 0 Å². The van der Waals surface area contributed by atoms with Crippen molar-refractivity contribution in [3.63, 3.8) is 0 Å². The molecule has 4 nitrogen and oxygen atoms in total. The van der Waals surface area contributed by atoms with Gasteiger partial charge in [-0.25, -0.2) is 0 Å². The second-order valence-corrected chi connectivity index (χ2v) is 5.48. The van der Waals surface area contributed by atoms with Gasteiger partial charge in [-0.2, -0.15) is 0 Å². The van der Waals surface area contributed by atoms with Gasteiger partial charge < -0.3 is 10.6 Å². The Balaban J connectivity index is 2.62. The molecule has 0 saturated carbocycles. The lowest BCUT2D eigenvalue weighted by molar-refractivity contribution is -0.130. The number of piperidine rings is 1. The summed E-state index contributed by atoms with van der Waals surface area (Å²) < 4.78 is 0. The van der Waals surface area contributed by atoms with Gasteiger partial charge in [-0.15, -0.1) is 0 Å². The van der Waals surface area contributed by atoms with E-state index in [0.29, 0.717) is 24.9 Å². The molecular formula is C13H27N3O. The molecule has 0 bridgehead atoms. The predicted molar refractivity (Wildman–Crippen MR) is 70.7 cm³/mol. The Hall–Kier alpha value is -0.610. The zero-order valence-electron chi connectivity index (χ0n) is 11.6. The molecule has 1 aliphatic rings. The van der Waals surface area contributed by atoms with Crippen LogP contribution in [-0.2, 0) is 4.79 Å². The van der Waals surface area contributed by atoms with Crippen molar-refractivity contribution in [1.29, 1.82) is 0 Å². The van der Waals surface area contributed by atoms with E-state index in [1.54, 1.807) is 19.0 Å². The van der Waals surface area contributed by atoms with E-state index >= 15 is 0 Å². The smallest absolute Gasteiger partial charge is 0.223 e. The molecule has 1 fully saturated rings. The molecule has 3 atom stereocenters. The van der Waals surface area contributed by atoms with Crippen LogP contribution in [0.3, 0.4) is 0 Å². The fourth-order valence-corrected chi connectivity index (χ4v) is 2.60. The Kier molecular flexibility index (Phi) is 5.40. The Morgan fingerprint density at radius 2 is 2.12 bits per heavy atom. The minimum absolute atomic E-state index is 0.172. The first-order valence-corrected chi connectivity index (χ1v) is 6.63. The third-order valence-corrected chi connectivity index (χ3v) is 4.07. The number of carbonyl (C=O) groups is 1. The van der Waals surface area contributed by atoms with Gasteiger partial charge in [-0.05, 0) is 32.2 Å². The van der Waals surface area contributed by atoms with Crippen molar-refractivity contribution in [3.05, 3.63) is 0 Å². The highest BCUT2D eigenvalue weighted by Gasteiger charge is 2.30. The maximum absolute atomic E-state index is 11.8. The number of amides is 1. The topological polar surface area (TPSA) is 49.6 Å². The maximum atomic E-state index is 11.8. The summed E-state index contributed by atoms with van der Waals surface area (Å²) in [5, 5.41) is 0. The van der Waals surface area contributed by atoms with E-state index in [1.807, 2.05) is 0 Å². The Labute approximate surface area is 105 Å². The molecule has 1 rings (SSSR count). The second kappa shape index (κ2) is 6.36. The van der Waals surface area contributed by atoms with Gasteiger partial charge in [0, 0.05) is 39.1 Å². The molecule has 17 heavy (non-hydrogen) atoms. The summed E-state index contributed by atoms with van der Waals surface area (Å²) in [5.74, 6) is 0.873. The number of rotatable bonds is 4. The minimum Gasteiger partial charge on any atom is -0.349 e. The zero-order chi connectivity index (χ0) is 13.0. The fraction of sp³-hybridized carbons (Fsp3) is 0.923. The highest BCUT2D eigenvalue weighted by molar-refractivity contribution is 5.76. The standard InChI is InChI=1S/C13H27N3O/c1-10-6-5-7-16(11(10)2)12(9-14)8-13(17)15(3)4/h10-12H,5-9,14H2,1-4H3. The largest absolute Gasteiger partial charge is 0.349 e. The van der Waals surface area contributed by atoms with Crippen LogP contribution in [0.15, 0.2) is 0 Å². The highest BCUT2D eigenvalue weighted by Crippen LogP contribution is 2.25. The van der Waals surface area contributed by atoms with Crippen molar-refractivity contribution < 1.29 is 4.79 Å². The number of nitrogens with two attached hydrogens (primary N) is 1. The molecule has 0 aromatic rings. The molecule has 1 amide bonds. The van der Waals surface area contributed by atoms with E-state index in [2.05, 4.69) is 18.7 Å². The first-order valence-electron chi connectivity index (χ1n) is 6.63.